The van der Waals surface area contributed by atoms with Gasteiger partial charge in [-0.1, -0.05) is 12.1 Å². The van der Waals surface area contributed by atoms with Gasteiger partial charge in [-0.15, -0.1) is 0 Å². The minimum Gasteiger partial charge on any atom is -0.464 e. The van der Waals surface area contributed by atoms with Gasteiger partial charge in [-0.2, -0.15) is 0 Å². The summed E-state index contributed by atoms with van der Waals surface area (Å²) < 4.78 is 10.00. The van der Waals surface area contributed by atoms with Gasteiger partial charge in [0.15, 0.2) is 0 Å². The number of benzene rings is 1. The van der Waals surface area contributed by atoms with Crippen molar-refractivity contribution in [3.05, 3.63) is 29.8 Å². The first-order valence-corrected chi connectivity index (χ1v) is 8.67. The number of esters is 1. The third-order valence-electron chi connectivity index (χ3n) is 2.89. The highest BCUT2D eigenvalue weighted by Crippen LogP contribution is 2.17. The molecule has 0 saturated carbocycles. The lowest BCUT2D eigenvalue weighted by molar-refractivity contribution is -0.146. The molecule has 0 unspecified atom stereocenters. The Labute approximate surface area is 150 Å². The molecule has 0 aliphatic rings. The maximum absolute atomic E-state index is 11.9. The minimum atomic E-state index is -0.923. The van der Waals surface area contributed by atoms with E-state index in [0.717, 1.165) is 17.3 Å². The number of Topliss-reactive ketones (excluding diaryl/α,β-unsaturated/α-hetero) is 1. The zero-order valence-electron chi connectivity index (χ0n) is 14.4. The maximum Gasteiger partial charge on any atom is 0.372 e. The van der Waals surface area contributed by atoms with Crippen molar-refractivity contribution in [2.75, 3.05) is 12.4 Å². The van der Waals surface area contributed by atoms with Gasteiger partial charge in [0, 0.05) is 19.1 Å². The van der Waals surface area contributed by atoms with Crippen molar-refractivity contribution in [2.45, 2.75) is 33.2 Å². The minimum absolute atomic E-state index is 0.000331. The van der Waals surface area contributed by atoms with Crippen LogP contribution in [0.2, 0.25) is 0 Å². The molecule has 8 heteroatoms. The summed E-state index contributed by atoms with van der Waals surface area (Å²) in [6, 6.07) is 5.66. The molecule has 1 amide bonds. The van der Waals surface area contributed by atoms with E-state index in [1.165, 1.54) is 13.8 Å². The van der Waals surface area contributed by atoms with Crippen LogP contribution in [0.4, 0.5) is 4.79 Å². The van der Waals surface area contributed by atoms with Gasteiger partial charge < -0.3 is 14.8 Å². The monoisotopic (exact) mass is 367 g/mol. The van der Waals surface area contributed by atoms with Crippen LogP contribution in [0.3, 0.4) is 0 Å². The zero-order valence-corrected chi connectivity index (χ0v) is 15.2. The van der Waals surface area contributed by atoms with Gasteiger partial charge in [-0.05, 0) is 43.3 Å². The van der Waals surface area contributed by atoms with Gasteiger partial charge in [0.2, 0.25) is 5.91 Å². The molecule has 0 radical (unpaired) electrons. The molecule has 136 valence electrons. The average molecular weight is 367 g/mol. The summed E-state index contributed by atoms with van der Waals surface area (Å²) in [5, 5.41) is 1.82. The van der Waals surface area contributed by atoms with E-state index in [1.807, 2.05) is 0 Å². The lowest BCUT2D eigenvalue weighted by atomic mass is 10.1. The zero-order chi connectivity index (χ0) is 18.8. The Balaban J connectivity index is 2.55. The van der Waals surface area contributed by atoms with E-state index in [4.69, 9.17) is 9.47 Å². The van der Waals surface area contributed by atoms with Crippen LogP contribution in [0.15, 0.2) is 24.3 Å². The second-order valence-electron chi connectivity index (χ2n) is 5.19. The Bertz CT molecular complexity index is 629. The number of rotatable bonds is 8. The number of ketones is 1. The maximum atomic E-state index is 11.9. The Morgan fingerprint density at radius 1 is 1.12 bits per heavy atom. The molecule has 0 bridgehead atoms. The largest absolute Gasteiger partial charge is 0.464 e. The first kappa shape index (κ1) is 20.7. The Morgan fingerprint density at radius 3 is 2.28 bits per heavy atom. The van der Waals surface area contributed by atoms with Gasteiger partial charge >= 0.3 is 11.3 Å². The summed E-state index contributed by atoms with van der Waals surface area (Å²) in [6.45, 7) is 4.61. The molecule has 1 aromatic rings. The number of thioether (sulfide) groups is 1. The first-order chi connectivity index (χ1) is 11.8. The number of ether oxygens (including phenoxy) is 2. The first-order valence-electron chi connectivity index (χ1n) is 7.68. The van der Waals surface area contributed by atoms with Crippen molar-refractivity contribution in [1.82, 2.24) is 5.32 Å². The molecule has 1 rings (SSSR count). The Morgan fingerprint density at radius 2 is 1.76 bits per heavy atom. The fourth-order valence-corrected chi connectivity index (χ4v) is 2.57. The predicted octanol–water partition coefficient (Wildman–Crippen LogP) is 2.12. The molecule has 1 aromatic carbocycles. The van der Waals surface area contributed by atoms with E-state index < -0.39 is 23.2 Å². The van der Waals surface area contributed by atoms with E-state index in [9.17, 15) is 19.2 Å². The number of carbonyl (C=O) groups is 4. The standard InChI is InChI=1S/C17H21NO6S/c1-4-23-16(21)15(18-12(3)20)10-25-17(22)24-14-7-5-13(6-8-14)9-11(2)19/h5-8,15H,4,9-10H2,1-3H3,(H,18,20)/t15-/m1/s1. The number of carbonyl (C=O) groups excluding carboxylic acids is 4. The summed E-state index contributed by atoms with van der Waals surface area (Å²) in [5.41, 5.74) is 0.827. The van der Waals surface area contributed by atoms with Crippen molar-refractivity contribution in [3.8, 4) is 5.75 Å². The average Bonchev–Trinajstić information content (AvgIpc) is 2.52. The lowest BCUT2D eigenvalue weighted by Crippen LogP contribution is -2.43. The van der Waals surface area contributed by atoms with Crippen LogP contribution in [0, 0.1) is 0 Å². The molecule has 0 fully saturated rings. The highest BCUT2D eigenvalue weighted by molar-refractivity contribution is 8.13. The number of hydrogen-bond acceptors (Lipinski definition) is 7. The number of hydrogen-bond donors (Lipinski definition) is 1. The van der Waals surface area contributed by atoms with Crippen LogP contribution in [0.25, 0.3) is 0 Å². The third kappa shape index (κ3) is 8.35. The fourth-order valence-electron chi connectivity index (χ4n) is 1.90. The van der Waals surface area contributed by atoms with Gasteiger partial charge in [0.1, 0.15) is 17.6 Å². The van der Waals surface area contributed by atoms with Gasteiger partial charge in [0.05, 0.1) is 6.61 Å². The van der Waals surface area contributed by atoms with E-state index in [-0.39, 0.29) is 18.1 Å². The fraction of sp³-hybridized carbons (Fsp3) is 0.412. The number of amides is 1. The topological polar surface area (TPSA) is 98.8 Å². The normalized spacial score (nSPS) is 11.3. The summed E-state index contributed by atoms with van der Waals surface area (Å²) in [5.74, 6) is -0.625. The lowest BCUT2D eigenvalue weighted by Gasteiger charge is -2.15. The van der Waals surface area contributed by atoms with Crippen LogP contribution in [0.5, 0.6) is 5.75 Å². The van der Waals surface area contributed by atoms with Crippen LogP contribution in [-0.2, 0) is 25.5 Å². The molecule has 25 heavy (non-hydrogen) atoms. The second-order valence-corrected chi connectivity index (χ2v) is 6.15. The van der Waals surface area contributed by atoms with Crippen LogP contribution < -0.4 is 10.1 Å². The summed E-state index contributed by atoms with van der Waals surface area (Å²) in [7, 11) is 0. The third-order valence-corrected chi connectivity index (χ3v) is 3.71. The molecule has 0 spiro atoms. The van der Waals surface area contributed by atoms with Gasteiger partial charge in [-0.25, -0.2) is 9.59 Å². The van der Waals surface area contributed by atoms with E-state index in [0.29, 0.717) is 12.2 Å². The summed E-state index contributed by atoms with van der Waals surface area (Å²) in [6.07, 6.45) is 0.320. The molecule has 7 nitrogen and oxygen atoms in total. The Kier molecular flexibility index (Phi) is 8.69. The SMILES string of the molecule is CCOC(=O)[C@@H](CSC(=O)Oc1ccc(CC(C)=O)cc1)NC(C)=O. The van der Waals surface area contributed by atoms with Crippen molar-refractivity contribution in [1.29, 1.82) is 0 Å². The molecule has 0 aromatic heterocycles. The highest BCUT2D eigenvalue weighted by Gasteiger charge is 2.22. The summed E-state index contributed by atoms with van der Waals surface area (Å²) >= 11 is 0.760. The quantitative estimate of drug-likeness (QED) is 0.703. The van der Waals surface area contributed by atoms with E-state index in [1.54, 1.807) is 31.2 Å². The second kappa shape index (κ2) is 10.5. The molecular formula is C17H21NO6S. The van der Waals surface area contributed by atoms with Crippen molar-refractivity contribution >= 4 is 34.7 Å². The van der Waals surface area contributed by atoms with Crippen LogP contribution in [-0.4, -0.2) is 41.4 Å². The molecule has 1 atom stereocenters. The highest BCUT2D eigenvalue weighted by atomic mass is 32.2. The molecule has 0 aliphatic carbocycles. The molecule has 0 saturated heterocycles. The van der Waals surface area contributed by atoms with E-state index in [2.05, 4.69) is 5.32 Å². The van der Waals surface area contributed by atoms with Gasteiger partial charge in [0.25, 0.3) is 0 Å². The van der Waals surface area contributed by atoms with Crippen LogP contribution >= 0.6 is 11.8 Å². The van der Waals surface area contributed by atoms with Crippen molar-refractivity contribution < 1.29 is 28.7 Å². The molecule has 1 N–H and O–H groups in total. The smallest absolute Gasteiger partial charge is 0.372 e. The predicted molar refractivity (Wildman–Crippen MR) is 93.5 cm³/mol. The van der Waals surface area contributed by atoms with Crippen molar-refractivity contribution in [2.24, 2.45) is 0 Å². The number of nitrogens with one attached hydrogen (secondary N) is 1. The molecule has 0 heterocycles. The van der Waals surface area contributed by atoms with Gasteiger partial charge in [-0.3, -0.25) is 9.59 Å². The Hall–Kier alpha value is -2.35. The molecule has 0 aliphatic heterocycles. The molecular weight excluding hydrogens is 346 g/mol. The van der Waals surface area contributed by atoms with Crippen molar-refractivity contribution in [3.63, 3.8) is 0 Å². The van der Waals surface area contributed by atoms with Crippen LogP contribution in [0.1, 0.15) is 26.3 Å². The summed E-state index contributed by atoms with van der Waals surface area (Å²) in [4.78, 5) is 45.8. The van der Waals surface area contributed by atoms with E-state index >= 15 is 0 Å².